The number of nitrogens with zero attached hydrogens (tertiary/aromatic N) is 3. The van der Waals surface area contributed by atoms with Gasteiger partial charge >= 0.3 is 0 Å². The van der Waals surface area contributed by atoms with Crippen molar-refractivity contribution in [1.82, 2.24) is 19.5 Å². The Morgan fingerprint density at radius 2 is 1.86 bits per heavy atom. The molecule has 1 N–H and O–H groups in total. The summed E-state index contributed by atoms with van der Waals surface area (Å²) in [5.41, 5.74) is 2.84. The van der Waals surface area contributed by atoms with Crippen LogP contribution in [0.2, 0.25) is 0 Å². The van der Waals surface area contributed by atoms with E-state index in [4.69, 9.17) is 14.7 Å². The van der Waals surface area contributed by atoms with E-state index in [-0.39, 0.29) is 16.4 Å². The van der Waals surface area contributed by atoms with E-state index < -0.39 is 0 Å². The van der Waals surface area contributed by atoms with Crippen LogP contribution in [0.25, 0.3) is 26.8 Å². The SMILES string of the molecule is COc1ccc(C)cc1-n1c(SC(C)c2nc3sc(C)c(C)c3c(=O)[nH]2)nc2ccccc2c1=O. The van der Waals surface area contributed by atoms with Crippen LogP contribution in [0.1, 0.15) is 34.0 Å². The molecule has 9 heteroatoms. The van der Waals surface area contributed by atoms with Gasteiger partial charge in [0.2, 0.25) is 0 Å². The Hall–Kier alpha value is -3.43. The normalized spacial score (nSPS) is 12.4. The molecule has 0 aliphatic carbocycles. The van der Waals surface area contributed by atoms with Gasteiger partial charge in [0.1, 0.15) is 16.4 Å². The summed E-state index contributed by atoms with van der Waals surface area (Å²) < 4.78 is 7.18. The number of aromatic amines is 1. The molecule has 3 aromatic heterocycles. The lowest BCUT2D eigenvalue weighted by atomic mass is 10.2. The van der Waals surface area contributed by atoms with Crippen LogP contribution >= 0.6 is 23.1 Å². The summed E-state index contributed by atoms with van der Waals surface area (Å²) in [6.45, 7) is 7.84. The van der Waals surface area contributed by atoms with E-state index in [1.807, 2.05) is 64.1 Å². The fourth-order valence-corrected chi connectivity index (χ4v) is 6.07. The molecule has 2 aromatic carbocycles. The summed E-state index contributed by atoms with van der Waals surface area (Å²) in [7, 11) is 1.58. The number of hydrogen-bond donors (Lipinski definition) is 1. The number of aromatic nitrogens is 4. The summed E-state index contributed by atoms with van der Waals surface area (Å²) in [5.74, 6) is 1.11. The van der Waals surface area contributed by atoms with Crippen LogP contribution < -0.4 is 15.9 Å². The van der Waals surface area contributed by atoms with Gasteiger partial charge in [-0.15, -0.1) is 11.3 Å². The Bertz CT molecular complexity index is 1720. The molecule has 0 radical (unpaired) electrons. The number of methoxy groups -OCH3 is 1. The van der Waals surface area contributed by atoms with Crippen molar-refractivity contribution in [1.29, 1.82) is 0 Å². The van der Waals surface area contributed by atoms with Crippen molar-refractivity contribution < 1.29 is 4.74 Å². The van der Waals surface area contributed by atoms with Gasteiger partial charge < -0.3 is 9.72 Å². The predicted molar refractivity (Wildman–Crippen MR) is 143 cm³/mol. The highest BCUT2D eigenvalue weighted by atomic mass is 32.2. The van der Waals surface area contributed by atoms with Gasteiger partial charge in [-0.3, -0.25) is 14.2 Å². The van der Waals surface area contributed by atoms with Crippen LogP contribution in [0.3, 0.4) is 0 Å². The molecule has 0 aliphatic heterocycles. The van der Waals surface area contributed by atoms with E-state index in [1.54, 1.807) is 17.7 Å². The van der Waals surface area contributed by atoms with Crippen LogP contribution in [0.15, 0.2) is 57.2 Å². The molecule has 35 heavy (non-hydrogen) atoms. The van der Waals surface area contributed by atoms with Gasteiger partial charge in [-0.05, 0) is 63.1 Å². The molecule has 178 valence electrons. The molecule has 0 amide bonds. The molecule has 0 saturated carbocycles. The first kappa shape index (κ1) is 23.3. The number of thioether (sulfide) groups is 1. The topological polar surface area (TPSA) is 89.9 Å². The highest BCUT2D eigenvalue weighted by molar-refractivity contribution is 7.99. The van der Waals surface area contributed by atoms with Crippen molar-refractivity contribution in [3.8, 4) is 11.4 Å². The first-order valence-electron chi connectivity index (χ1n) is 11.1. The van der Waals surface area contributed by atoms with E-state index in [0.29, 0.717) is 38.7 Å². The van der Waals surface area contributed by atoms with E-state index in [9.17, 15) is 9.59 Å². The fraction of sp³-hybridized carbons (Fsp3) is 0.231. The maximum Gasteiger partial charge on any atom is 0.266 e. The van der Waals surface area contributed by atoms with Gasteiger partial charge in [0.05, 0.1) is 34.3 Å². The van der Waals surface area contributed by atoms with Gasteiger partial charge in [-0.1, -0.05) is 30.0 Å². The second-order valence-corrected chi connectivity index (χ2v) is 10.9. The van der Waals surface area contributed by atoms with E-state index in [1.165, 1.54) is 23.1 Å². The molecule has 0 bridgehead atoms. The van der Waals surface area contributed by atoms with Gasteiger partial charge in [0.15, 0.2) is 5.16 Å². The van der Waals surface area contributed by atoms with Crippen molar-refractivity contribution in [3.05, 3.63) is 85.0 Å². The van der Waals surface area contributed by atoms with Crippen LogP contribution in [-0.4, -0.2) is 26.6 Å². The third kappa shape index (κ3) is 4.04. The number of H-pyrrole nitrogens is 1. The lowest BCUT2D eigenvalue weighted by molar-refractivity contribution is 0.411. The number of nitrogens with one attached hydrogen (secondary N) is 1. The highest BCUT2D eigenvalue weighted by Crippen LogP contribution is 2.36. The van der Waals surface area contributed by atoms with Crippen molar-refractivity contribution in [2.75, 3.05) is 7.11 Å². The van der Waals surface area contributed by atoms with Crippen molar-refractivity contribution >= 4 is 44.2 Å². The average Bonchev–Trinajstić information content (AvgIpc) is 3.13. The van der Waals surface area contributed by atoms with Crippen molar-refractivity contribution in [2.24, 2.45) is 0 Å². The zero-order chi connectivity index (χ0) is 24.9. The van der Waals surface area contributed by atoms with Crippen LogP contribution in [-0.2, 0) is 0 Å². The molecule has 7 nitrogen and oxygen atoms in total. The number of fused-ring (bicyclic) bond motifs is 2. The quantitative estimate of drug-likeness (QED) is 0.252. The molecular weight excluding hydrogens is 480 g/mol. The van der Waals surface area contributed by atoms with Gasteiger partial charge in [0, 0.05) is 4.88 Å². The maximum atomic E-state index is 13.7. The number of thiophene rings is 1. The monoisotopic (exact) mass is 504 g/mol. The molecule has 5 rings (SSSR count). The Morgan fingerprint density at radius 3 is 2.63 bits per heavy atom. The van der Waals surface area contributed by atoms with Crippen molar-refractivity contribution in [2.45, 2.75) is 38.1 Å². The highest BCUT2D eigenvalue weighted by Gasteiger charge is 2.22. The second kappa shape index (κ2) is 8.98. The molecule has 0 spiro atoms. The first-order valence-corrected chi connectivity index (χ1v) is 12.8. The van der Waals surface area contributed by atoms with Gasteiger partial charge in [0.25, 0.3) is 11.1 Å². The Kier molecular flexibility index (Phi) is 5.98. The van der Waals surface area contributed by atoms with Gasteiger partial charge in [-0.25, -0.2) is 9.97 Å². The standard InChI is InChI=1S/C26H24N4O3S2/c1-13-10-11-20(33-5)19(12-13)30-25(32)17-8-6-7-9-18(17)27-26(30)35-16(4)22-28-23(31)21-14(2)15(3)34-24(21)29-22/h6-12,16H,1-5H3,(H,28,29,31). The summed E-state index contributed by atoms with van der Waals surface area (Å²) in [4.78, 5) is 40.9. The summed E-state index contributed by atoms with van der Waals surface area (Å²) in [6.07, 6.45) is 0. The minimum Gasteiger partial charge on any atom is -0.495 e. The van der Waals surface area contributed by atoms with Crippen LogP contribution in [0.4, 0.5) is 0 Å². The number of rotatable bonds is 5. The first-order chi connectivity index (χ1) is 16.8. The Balaban J connectivity index is 1.69. The average molecular weight is 505 g/mol. The summed E-state index contributed by atoms with van der Waals surface area (Å²) in [6, 6.07) is 13.0. The largest absolute Gasteiger partial charge is 0.495 e. The van der Waals surface area contributed by atoms with Gasteiger partial charge in [-0.2, -0.15) is 0 Å². The molecule has 0 aliphatic rings. The second-order valence-electron chi connectivity index (χ2n) is 8.40. The van der Waals surface area contributed by atoms with E-state index in [0.717, 1.165) is 20.8 Å². The number of aryl methyl sites for hydroxylation is 3. The predicted octanol–water partition coefficient (Wildman–Crippen LogP) is 5.47. The van der Waals surface area contributed by atoms with Crippen LogP contribution in [0, 0.1) is 20.8 Å². The zero-order valence-corrected chi connectivity index (χ0v) is 21.6. The summed E-state index contributed by atoms with van der Waals surface area (Å²) in [5, 5.41) is 1.38. The number of ether oxygens (including phenoxy) is 1. The smallest absolute Gasteiger partial charge is 0.266 e. The molecular formula is C26H24N4O3S2. The Labute approximate surface area is 209 Å². The van der Waals surface area contributed by atoms with E-state index >= 15 is 0 Å². The minimum absolute atomic E-state index is 0.150. The lowest BCUT2D eigenvalue weighted by Gasteiger charge is -2.18. The molecule has 1 unspecified atom stereocenters. The fourth-order valence-electron chi connectivity index (χ4n) is 4.06. The summed E-state index contributed by atoms with van der Waals surface area (Å²) >= 11 is 2.88. The van der Waals surface area contributed by atoms with Crippen LogP contribution in [0.5, 0.6) is 5.75 Å². The van der Waals surface area contributed by atoms with E-state index in [2.05, 4.69) is 4.98 Å². The third-order valence-electron chi connectivity index (χ3n) is 6.04. The number of para-hydroxylation sites is 1. The molecule has 1 atom stereocenters. The number of benzene rings is 2. The lowest BCUT2D eigenvalue weighted by Crippen LogP contribution is -2.23. The molecule has 0 saturated heterocycles. The Morgan fingerprint density at radius 1 is 1.09 bits per heavy atom. The molecule has 5 aromatic rings. The third-order valence-corrected chi connectivity index (χ3v) is 8.21. The minimum atomic E-state index is -0.273. The maximum absolute atomic E-state index is 13.7. The van der Waals surface area contributed by atoms with Crippen molar-refractivity contribution in [3.63, 3.8) is 0 Å². The zero-order valence-electron chi connectivity index (χ0n) is 20.0. The molecule has 0 fully saturated rings. The number of hydrogen-bond acceptors (Lipinski definition) is 7. The molecule has 3 heterocycles.